The molecule has 10 heteroatoms. The third-order valence-corrected chi connectivity index (χ3v) is 5.25. The zero-order valence-corrected chi connectivity index (χ0v) is 19.5. The second kappa shape index (κ2) is 13.2. The molecule has 2 aromatic rings. The lowest BCUT2D eigenvalue weighted by Gasteiger charge is -2.24. The molecule has 9 nitrogen and oxygen atoms in total. The van der Waals surface area contributed by atoms with Gasteiger partial charge in [0.25, 0.3) is 5.91 Å². The molecule has 0 aliphatic carbocycles. The maximum atomic E-state index is 14.7. The molecule has 0 bridgehead atoms. The van der Waals surface area contributed by atoms with Crippen molar-refractivity contribution in [2.24, 2.45) is 11.8 Å². The molecule has 0 saturated heterocycles. The zero-order valence-electron chi connectivity index (χ0n) is 19.5. The maximum absolute atomic E-state index is 14.7. The summed E-state index contributed by atoms with van der Waals surface area (Å²) in [5, 5.41) is 14.1. The Hall–Kier alpha value is -3.53. The van der Waals surface area contributed by atoms with Crippen molar-refractivity contribution in [1.82, 2.24) is 15.8 Å². The van der Waals surface area contributed by atoms with Crippen LogP contribution < -0.4 is 20.9 Å². The fourth-order valence-electron chi connectivity index (χ4n) is 3.30. The molecule has 3 amide bonds. The standard InChI is InChI=1S/C24H31FN4O5/c1-15(2)7-12-18(21(25)24(32)29-33)22(30)27-19(14-16-8-10-17(34-3)11-9-16)23(31)28-20-6-4-5-13-26-20/h4-6,8-11,13,15,18-19,21,33H,7,12,14H2,1-3H3,(H,27,30)(H,29,32)(H,26,28,31)/t18-,19+,21-/m1/s1. The van der Waals surface area contributed by atoms with E-state index in [1.54, 1.807) is 42.5 Å². The molecule has 0 fully saturated rings. The highest BCUT2D eigenvalue weighted by Gasteiger charge is 2.35. The lowest BCUT2D eigenvalue weighted by molar-refractivity contribution is -0.142. The van der Waals surface area contributed by atoms with Gasteiger partial charge in [0, 0.05) is 12.6 Å². The molecule has 0 saturated carbocycles. The number of hydrogen-bond acceptors (Lipinski definition) is 6. The number of methoxy groups -OCH3 is 1. The minimum absolute atomic E-state index is 0.0647. The van der Waals surface area contributed by atoms with Gasteiger partial charge in [-0.25, -0.2) is 14.9 Å². The number of benzene rings is 1. The van der Waals surface area contributed by atoms with Gasteiger partial charge in [0.1, 0.15) is 17.6 Å². The fourth-order valence-corrected chi connectivity index (χ4v) is 3.30. The zero-order chi connectivity index (χ0) is 25.1. The van der Waals surface area contributed by atoms with Gasteiger partial charge in [0.05, 0.1) is 13.0 Å². The summed E-state index contributed by atoms with van der Waals surface area (Å²) in [6, 6.07) is 10.9. The van der Waals surface area contributed by atoms with Crippen LogP contribution >= 0.6 is 0 Å². The Morgan fingerprint density at radius 1 is 1.03 bits per heavy atom. The van der Waals surface area contributed by atoms with Crippen LogP contribution in [0.2, 0.25) is 0 Å². The van der Waals surface area contributed by atoms with E-state index in [4.69, 9.17) is 9.94 Å². The Balaban J connectivity index is 2.25. The Bertz CT molecular complexity index is 940. The first-order valence-electron chi connectivity index (χ1n) is 11.0. The van der Waals surface area contributed by atoms with Gasteiger partial charge in [-0.15, -0.1) is 0 Å². The van der Waals surface area contributed by atoms with Gasteiger partial charge in [-0.05, 0) is 42.2 Å². The SMILES string of the molecule is COc1ccc(C[C@H](NC(=O)[C@H](CCC(C)C)[C@@H](F)C(=O)NO)C(=O)Nc2ccccn2)cc1. The Kier molecular flexibility index (Phi) is 10.4. The summed E-state index contributed by atoms with van der Waals surface area (Å²) in [5.74, 6) is -2.96. The smallest absolute Gasteiger partial charge is 0.278 e. The normalized spacial score (nSPS) is 13.5. The predicted molar refractivity (Wildman–Crippen MR) is 124 cm³/mol. The molecular weight excluding hydrogens is 443 g/mol. The highest BCUT2D eigenvalue weighted by atomic mass is 19.1. The van der Waals surface area contributed by atoms with Crippen molar-refractivity contribution in [3.63, 3.8) is 0 Å². The number of carbonyl (C=O) groups excluding carboxylic acids is 3. The molecule has 1 aromatic carbocycles. The number of rotatable bonds is 12. The molecule has 1 heterocycles. The number of ether oxygens (including phenoxy) is 1. The van der Waals surface area contributed by atoms with E-state index < -0.39 is 35.9 Å². The Morgan fingerprint density at radius 3 is 2.29 bits per heavy atom. The number of nitrogens with one attached hydrogen (secondary N) is 3. The number of pyridine rings is 1. The number of carbonyl (C=O) groups is 3. The highest BCUT2D eigenvalue weighted by molar-refractivity contribution is 5.98. The second-order valence-corrected chi connectivity index (χ2v) is 8.27. The number of anilines is 1. The molecule has 3 atom stereocenters. The van der Waals surface area contributed by atoms with E-state index in [0.717, 1.165) is 5.56 Å². The van der Waals surface area contributed by atoms with Crippen LogP contribution in [-0.2, 0) is 20.8 Å². The number of amides is 3. The third kappa shape index (κ3) is 8.11. The highest BCUT2D eigenvalue weighted by Crippen LogP contribution is 2.20. The van der Waals surface area contributed by atoms with E-state index in [-0.39, 0.29) is 18.8 Å². The van der Waals surface area contributed by atoms with Crippen LogP contribution in [0.5, 0.6) is 5.75 Å². The summed E-state index contributed by atoms with van der Waals surface area (Å²) in [6.45, 7) is 3.81. The first-order chi connectivity index (χ1) is 16.2. The van der Waals surface area contributed by atoms with Crippen LogP contribution in [0.3, 0.4) is 0 Å². The largest absolute Gasteiger partial charge is 0.497 e. The number of nitrogens with zero attached hydrogens (tertiary/aromatic N) is 1. The van der Waals surface area contributed by atoms with Gasteiger partial charge in [-0.1, -0.05) is 38.5 Å². The fraction of sp³-hybridized carbons (Fsp3) is 0.417. The number of hydroxylamine groups is 1. The van der Waals surface area contributed by atoms with Gasteiger partial charge in [-0.3, -0.25) is 19.6 Å². The monoisotopic (exact) mass is 474 g/mol. The lowest BCUT2D eigenvalue weighted by atomic mass is 9.92. The predicted octanol–water partition coefficient (Wildman–Crippen LogP) is 2.65. The summed E-state index contributed by atoms with van der Waals surface area (Å²) in [7, 11) is 1.53. The van der Waals surface area contributed by atoms with E-state index in [2.05, 4.69) is 15.6 Å². The number of aromatic nitrogens is 1. The second-order valence-electron chi connectivity index (χ2n) is 8.27. The van der Waals surface area contributed by atoms with Crippen LogP contribution in [-0.4, -0.2) is 47.2 Å². The minimum atomic E-state index is -2.27. The van der Waals surface area contributed by atoms with Crippen molar-refractivity contribution in [3.8, 4) is 5.75 Å². The summed E-state index contributed by atoms with van der Waals surface area (Å²) >= 11 is 0. The van der Waals surface area contributed by atoms with Crippen molar-refractivity contribution in [3.05, 3.63) is 54.2 Å². The van der Waals surface area contributed by atoms with Crippen molar-refractivity contribution in [2.45, 2.75) is 45.3 Å². The molecule has 0 aliphatic rings. The summed E-state index contributed by atoms with van der Waals surface area (Å²) < 4.78 is 19.9. The first-order valence-corrected chi connectivity index (χ1v) is 11.0. The minimum Gasteiger partial charge on any atom is -0.497 e. The summed E-state index contributed by atoms with van der Waals surface area (Å²) in [4.78, 5) is 41.8. The van der Waals surface area contributed by atoms with Gasteiger partial charge < -0.3 is 15.4 Å². The van der Waals surface area contributed by atoms with Crippen LogP contribution in [0, 0.1) is 11.8 Å². The van der Waals surface area contributed by atoms with Gasteiger partial charge in [0.15, 0.2) is 6.17 Å². The average Bonchev–Trinajstić information content (AvgIpc) is 2.83. The molecule has 0 spiro atoms. The molecule has 0 radical (unpaired) electrons. The number of alkyl halides is 1. The third-order valence-electron chi connectivity index (χ3n) is 5.25. The molecule has 4 N–H and O–H groups in total. The first kappa shape index (κ1) is 26.7. The van der Waals surface area contributed by atoms with Gasteiger partial charge in [0.2, 0.25) is 11.8 Å². The van der Waals surface area contributed by atoms with Crippen molar-refractivity contribution in [1.29, 1.82) is 0 Å². The topological polar surface area (TPSA) is 130 Å². The van der Waals surface area contributed by atoms with Crippen molar-refractivity contribution in [2.75, 3.05) is 12.4 Å². The Morgan fingerprint density at radius 2 is 1.74 bits per heavy atom. The molecule has 0 unspecified atom stereocenters. The maximum Gasteiger partial charge on any atom is 0.278 e. The molecule has 1 aromatic heterocycles. The molecule has 0 aliphatic heterocycles. The van der Waals surface area contributed by atoms with E-state index in [1.807, 2.05) is 13.8 Å². The van der Waals surface area contributed by atoms with E-state index in [1.165, 1.54) is 18.8 Å². The molecule has 34 heavy (non-hydrogen) atoms. The molecule has 184 valence electrons. The molecular formula is C24H31FN4O5. The summed E-state index contributed by atoms with van der Waals surface area (Å²) in [5.41, 5.74) is 1.98. The van der Waals surface area contributed by atoms with Crippen LogP contribution in [0.25, 0.3) is 0 Å². The summed E-state index contributed by atoms with van der Waals surface area (Å²) in [6.07, 6.45) is -0.121. The Labute approximate surface area is 198 Å². The van der Waals surface area contributed by atoms with Crippen molar-refractivity contribution >= 4 is 23.5 Å². The average molecular weight is 475 g/mol. The van der Waals surface area contributed by atoms with Gasteiger partial charge >= 0.3 is 0 Å². The van der Waals surface area contributed by atoms with Crippen LogP contribution in [0.15, 0.2) is 48.7 Å². The lowest BCUT2D eigenvalue weighted by Crippen LogP contribution is -2.50. The van der Waals surface area contributed by atoms with Crippen molar-refractivity contribution < 1.29 is 28.7 Å². The van der Waals surface area contributed by atoms with Crippen LogP contribution in [0.1, 0.15) is 32.3 Å². The quantitative estimate of drug-likeness (QED) is 0.276. The number of hydrogen-bond donors (Lipinski definition) is 4. The van der Waals surface area contributed by atoms with E-state index >= 15 is 0 Å². The van der Waals surface area contributed by atoms with Crippen LogP contribution in [0.4, 0.5) is 10.2 Å². The molecule has 2 rings (SSSR count). The van der Waals surface area contributed by atoms with Gasteiger partial charge in [-0.2, -0.15) is 0 Å². The number of halogens is 1. The van der Waals surface area contributed by atoms with E-state index in [0.29, 0.717) is 18.0 Å². The van der Waals surface area contributed by atoms with E-state index in [9.17, 15) is 18.8 Å².